The molecular weight excluding hydrogens is 362 g/mol. The van der Waals surface area contributed by atoms with Crippen LogP contribution in [0.25, 0.3) is 0 Å². The number of carbonyl (C=O) groups excluding carboxylic acids is 2. The molecule has 1 aromatic carbocycles. The van der Waals surface area contributed by atoms with E-state index in [9.17, 15) is 9.59 Å². The van der Waals surface area contributed by atoms with Crippen molar-refractivity contribution in [3.63, 3.8) is 0 Å². The maximum atomic E-state index is 11.8. The van der Waals surface area contributed by atoms with Gasteiger partial charge >= 0.3 is 6.09 Å². The molecule has 0 atom stereocenters. The maximum Gasteiger partial charge on any atom is 0.409 e. The largest absolute Gasteiger partial charge is 0.450 e. The van der Waals surface area contributed by atoms with Crippen LogP contribution in [0.2, 0.25) is 0 Å². The Balaban J connectivity index is 1.63. The molecule has 10 nitrogen and oxygen atoms in total. The molecule has 1 aliphatic heterocycles. The van der Waals surface area contributed by atoms with E-state index in [1.54, 1.807) is 30.2 Å². The minimum absolute atomic E-state index is 0.140. The van der Waals surface area contributed by atoms with Gasteiger partial charge in [-0.25, -0.2) is 4.79 Å². The molecule has 0 radical (unpaired) electrons. The summed E-state index contributed by atoms with van der Waals surface area (Å²) in [5, 5.41) is 13.9. The van der Waals surface area contributed by atoms with Crippen LogP contribution in [-0.2, 0) is 9.53 Å². The number of aromatic nitrogens is 3. The summed E-state index contributed by atoms with van der Waals surface area (Å²) in [7, 11) is 0. The van der Waals surface area contributed by atoms with Crippen molar-refractivity contribution in [1.82, 2.24) is 20.1 Å². The molecular formula is C18H23N7O3. The van der Waals surface area contributed by atoms with Gasteiger partial charge in [0.05, 0.1) is 12.8 Å². The number of rotatable bonds is 5. The van der Waals surface area contributed by atoms with E-state index >= 15 is 0 Å². The lowest BCUT2D eigenvalue weighted by Gasteiger charge is -2.34. The molecule has 148 valence electrons. The molecule has 2 N–H and O–H groups in total. The number of carbonyl (C=O) groups is 2. The molecule has 0 bridgehead atoms. The fourth-order valence-corrected chi connectivity index (χ4v) is 2.84. The van der Waals surface area contributed by atoms with E-state index in [2.05, 4.69) is 25.8 Å². The van der Waals surface area contributed by atoms with Crippen LogP contribution >= 0.6 is 0 Å². The Hall–Kier alpha value is -3.43. The van der Waals surface area contributed by atoms with Gasteiger partial charge in [0.25, 0.3) is 0 Å². The van der Waals surface area contributed by atoms with Crippen LogP contribution in [0.1, 0.15) is 13.8 Å². The van der Waals surface area contributed by atoms with Crippen molar-refractivity contribution in [3.8, 4) is 0 Å². The molecule has 0 aliphatic carbocycles. The Morgan fingerprint density at radius 2 is 1.93 bits per heavy atom. The predicted molar refractivity (Wildman–Crippen MR) is 105 cm³/mol. The zero-order valence-electron chi connectivity index (χ0n) is 15.9. The third-order valence-corrected chi connectivity index (χ3v) is 4.11. The summed E-state index contributed by atoms with van der Waals surface area (Å²) in [4.78, 5) is 31.2. The van der Waals surface area contributed by atoms with Crippen LogP contribution in [0.3, 0.4) is 0 Å². The third-order valence-electron chi connectivity index (χ3n) is 4.11. The second-order valence-electron chi connectivity index (χ2n) is 6.20. The molecule has 28 heavy (non-hydrogen) atoms. The average Bonchev–Trinajstić information content (AvgIpc) is 2.68. The minimum Gasteiger partial charge on any atom is -0.450 e. The predicted octanol–water partition coefficient (Wildman–Crippen LogP) is 1.85. The number of amides is 2. The van der Waals surface area contributed by atoms with Crippen LogP contribution in [0, 0.1) is 0 Å². The summed E-state index contributed by atoms with van der Waals surface area (Å²) in [6.07, 6.45) is 1.31. The van der Waals surface area contributed by atoms with E-state index in [-0.39, 0.29) is 12.0 Å². The summed E-state index contributed by atoms with van der Waals surface area (Å²) in [6.45, 7) is 6.01. The van der Waals surface area contributed by atoms with E-state index in [4.69, 9.17) is 4.74 Å². The molecule has 0 unspecified atom stereocenters. The third kappa shape index (κ3) is 5.06. The van der Waals surface area contributed by atoms with Crippen molar-refractivity contribution >= 4 is 35.1 Å². The summed E-state index contributed by atoms with van der Waals surface area (Å²) < 4.78 is 5.04. The summed E-state index contributed by atoms with van der Waals surface area (Å²) in [5.41, 5.74) is 1.41. The van der Waals surface area contributed by atoms with Gasteiger partial charge in [-0.3, -0.25) is 4.79 Å². The topological polar surface area (TPSA) is 113 Å². The number of anilines is 4. The van der Waals surface area contributed by atoms with Crippen LogP contribution in [0.5, 0.6) is 0 Å². The van der Waals surface area contributed by atoms with Gasteiger partial charge in [-0.15, -0.1) is 5.10 Å². The molecule has 3 rings (SSSR count). The van der Waals surface area contributed by atoms with Crippen molar-refractivity contribution in [2.75, 3.05) is 48.3 Å². The molecule has 2 heterocycles. The zero-order valence-corrected chi connectivity index (χ0v) is 15.9. The van der Waals surface area contributed by atoms with Gasteiger partial charge in [0.2, 0.25) is 11.9 Å². The highest BCUT2D eigenvalue weighted by Crippen LogP contribution is 2.20. The van der Waals surface area contributed by atoms with Gasteiger partial charge in [-0.05, 0) is 25.1 Å². The zero-order chi connectivity index (χ0) is 19.9. The molecule has 1 aromatic heterocycles. The van der Waals surface area contributed by atoms with E-state index < -0.39 is 0 Å². The van der Waals surface area contributed by atoms with Crippen LogP contribution in [0.4, 0.5) is 27.9 Å². The first-order valence-corrected chi connectivity index (χ1v) is 9.06. The summed E-state index contributed by atoms with van der Waals surface area (Å²) in [6, 6.07) is 7.25. The highest BCUT2D eigenvalue weighted by Gasteiger charge is 2.23. The van der Waals surface area contributed by atoms with Gasteiger partial charge in [0.1, 0.15) is 0 Å². The van der Waals surface area contributed by atoms with Crippen molar-refractivity contribution in [1.29, 1.82) is 0 Å². The Morgan fingerprint density at radius 1 is 1.18 bits per heavy atom. The Bertz CT molecular complexity index is 837. The lowest BCUT2D eigenvalue weighted by Crippen LogP contribution is -2.49. The number of hydrogen-bond donors (Lipinski definition) is 2. The van der Waals surface area contributed by atoms with Gasteiger partial charge < -0.3 is 25.2 Å². The van der Waals surface area contributed by atoms with Gasteiger partial charge in [0.15, 0.2) is 5.82 Å². The minimum atomic E-state index is -0.288. The lowest BCUT2D eigenvalue weighted by molar-refractivity contribution is -0.114. The van der Waals surface area contributed by atoms with Gasteiger partial charge in [0, 0.05) is 44.5 Å². The van der Waals surface area contributed by atoms with Gasteiger partial charge in [-0.1, -0.05) is 6.07 Å². The monoisotopic (exact) mass is 385 g/mol. The van der Waals surface area contributed by atoms with Crippen molar-refractivity contribution in [2.45, 2.75) is 13.8 Å². The molecule has 1 aliphatic rings. The molecule has 2 aromatic rings. The van der Waals surface area contributed by atoms with E-state index in [0.29, 0.717) is 50.2 Å². The second kappa shape index (κ2) is 8.98. The summed E-state index contributed by atoms with van der Waals surface area (Å²) >= 11 is 0. The van der Waals surface area contributed by atoms with Crippen molar-refractivity contribution in [2.24, 2.45) is 0 Å². The Labute approximate surface area is 162 Å². The first kappa shape index (κ1) is 19.3. The van der Waals surface area contributed by atoms with Crippen LogP contribution in [-0.4, -0.2) is 64.9 Å². The highest BCUT2D eigenvalue weighted by atomic mass is 16.6. The van der Waals surface area contributed by atoms with E-state index in [1.807, 2.05) is 17.0 Å². The number of piperazine rings is 1. The number of nitrogens with one attached hydrogen (secondary N) is 2. The van der Waals surface area contributed by atoms with Gasteiger partial charge in [-0.2, -0.15) is 10.1 Å². The van der Waals surface area contributed by atoms with Crippen LogP contribution < -0.4 is 15.5 Å². The molecule has 1 saturated heterocycles. The quantitative estimate of drug-likeness (QED) is 0.802. The standard InChI is InChI=1S/C18H23N7O3/c1-3-28-18(27)25-9-7-24(8-10-25)16-12-19-23-17(22-16)21-15-6-4-5-14(11-15)20-13(2)26/h4-6,11-12H,3,7-10H2,1-2H3,(H,20,26)(H,21,22,23). The fourth-order valence-electron chi connectivity index (χ4n) is 2.84. The fraction of sp³-hybridized carbons (Fsp3) is 0.389. The van der Waals surface area contributed by atoms with Crippen molar-refractivity contribution in [3.05, 3.63) is 30.5 Å². The maximum absolute atomic E-state index is 11.8. The Morgan fingerprint density at radius 3 is 2.64 bits per heavy atom. The normalized spacial score (nSPS) is 13.8. The molecule has 10 heteroatoms. The first-order valence-electron chi connectivity index (χ1n) is 9.06. The molecule has 1 fully saturated rings. The summed E-state index contributed by atoms with van der Waals surface area (Å²) in [5.74, 6) is 0.892. The number of ether oxygens (including phenoxy) is 1. The lowest BCUT2D eigenvalue weighted by atomic mass is 10.3. The van der Waals surface area contributed by atoms with E-state index in [0.717, 1.165) is 5.69 Å². The second-order valence-corrected chi connectivity index (χ2v) is 6.20. The molecule has 2 amide bonds. The number of hydrogen-bond acceptors (Lipinski definition) is 8. The Kier molecular flexibility index (Phi) is 6.20. The smallest absolute Gasteiger partial charge is 0.409 e. The number of nitrogens with zero attached hydrogens (tertiary/aromatic N) is 5. The highest BCUT2D eigenvalue weighted by molar-refractivity contribution is 5.89. The van der Waals surface area contributed by atoms with E-state index in [1.165, 1.54) is 6.92 Å². The number of benzene rings is 1. The SMILES string of the molecule is CCOC(=O)N1CCN(c2cnnc(Nc3cccc(NC(C)=O)c3)n2)CC1. The first-order chi connectivity index (χ1) is 13.5. The molecule has 0 saturated carbocycles. The van der Waals surface area contributed by atoms with Crippen LogP contribution in [0.15, 0.2) is 30.5 Å². The average molecular weight is 385 g/mol. The molecule has 0 spiro atoms. The van der Waals surface area contributed by atoms with Crippen molar-refractivity contribution < 1.29 is 14.3 Å².